The average Bonchev–Trinajstić information content (AvgIpc) is 3.17. The smallest absolute Gasteiger partial charge is 0.287 e. The Bertz CT molecular complexity index is 826. The maximum atomic E-state index is 13.1. The second kappa shape index (κ2) is 9.95. The second-order valence-corrected chi connectivity index (χ2v) is 6.97. The number of hydrogen-bond acceptors (Lipinski definition) is 4. The van der Waals surface area contributed by atoms with Crippen LogP contribution in [0.2, 0.25) is 0 Å². The van der Waals surface area contributed by atoms with E-state index in [4.69, 9.17) is 4.42 Å². The molecule has 7 nitrogen and oxygen atoms in total. The average molecular weight is 401 g/mol. The highest BCUT2D eigenvalue weighted by atomic mass is 19.1. The molecule has 1 aliphatic heterocycles. The number of nitrogens with zero attached hydrogens (tertiary/aromatic N) is 3. The summed E-state index contributed by atoms with van der Waals surface area (Å²) in [6, 6.07) is 8.39. The normalized spacial score (nSPS) is 14.8. The number of benzene rings is 1. The molecule has 8 heteroatoms. The van der Waals surface area contributed by atoms with E-state index in [1.54, 1.807) is 13.1 Å². The van der Waals surface area contributed by atoms with Crippen LogP contribution in [0, 0.1) is 12.7 Å². The minimum atomic E-state index is -0.215. The molecule has 1 aromatic carbocycles. The van der Waals surface area contributed by atoms with Crippen LogP contribution in [-0.4, -0.2) is 63.1 Å². The Morgan fingerprint density at radius 1 is 1.10 bits per heavy atom. The van der Waals surface area contributed by atoms with Crippen molar-refractivity contribution in [3.63, 3.8) is 0 Å². The van der Waals surface area contributed by atoms with Crippen molar-refractivity contribution < 1.29 is 13.6 Å². The molecule has 0 spiro atoms. The standard InChI is InChI=1S/C21H28FN5O2/c1-16-8-15-29-19(16)20(28)24-9-3-10-25-21(23-2)27-13-11-26(12-14-27)18-6-4-17(22)5-7-18/h4-8,15H,3,9-14H2,1-2H3,(H,23,25)(H,24,28). The molecule has 1 amide bonds. The van der Waals surface area contributed by atoms with Crippen molar-refractivity contribution in [3.05, 3.63) is 53.7 Å². The van der Waals surface area contributed by atoms with Gasteiger partial charge in [0.05, 0.1) is 6.26 Å². The first kappa shape index (κ1) is 20.7. The van der Waals surface area contributed by atoms with Crippen molar-refractivity contribution in [3.8, 4) is 0 Å². The van der Waals surface area contributed by atoms with Gasteiger partial charge in [-0.1, -0.05) is 0 Å². The van der Waals surface area contributed by atoms with Crippen LogP contribution in [0.3, 0.4) is 0 Å². The third-order valence-corrected chi connectivity index (χ3v) is 4.97. The van der Waals surface area contributed by atoms with E-state index < -0.39 is 0 Å². The predicted molar refractivity (Wildman–Crippen MR) is 112 cm³/mol. The van der Waals surface area contributed by atoms with E-state index in [0.29, 0.717) is 18.8 Å². The summed E-state index contributed by atoms with van der Waals surface area (Å²) in [6.07, 6.45) is 2.30. The molecule has 1 aliphatic rings. The highest BCUT2D eigenvalue weighted by Gasteiger charge is 2.19. The Balaban J connectivity index is 1.37. The van der Waals surface area contributed by atoms with Gasteiger partial charge < -0.3 is 24.9 Å². The highest BCUT2D eigenvalue weighted by molar-refractivity contribution is 5.92. The lowest BCUT2D eigenvalue weighted by Crippen LogP contribution is -2.52. The molecule has 1 saturated heterocycles. The fraction of sp³-hybridized carbons (Fsp3) is 0.429. The molecule has 2 heterocycles. The molecule has 1 aromatic heterocycles. The summed E-state index contributed by atoms with van der Waals surface area (Å²) in [4.78, 5) is 20.8. The molecule has 0 saturated carbocycles. The van der Waals surface area contributed by atoms with Gasteiger partial charge in [-0.05, 0) is 43.7 Å². The van der Waals surface area contributed by atoms with E-state index in [1.807, 2.05) is 19.1 Å². The number of halogens is 1. The summed E-state index contributed by atoms with van der Waals surface area (Å²) in [6.45, 7) is 6.50. The zero-order valence-corrected chi connectivity index (χ0v) is 16.9. The fourth-order valence-corrected chi connectivity index (χ4v) is 3.34. The SMILES string of the molecule is CN=C(NCCCNC(=O)c1occc1C)N1CCN(c2ccc(F)cc2)CC1. The monoisotopic (exact) mass is 401 g/mol. The van der Waals surface area contributed by atoms with E-state index in [9.17, 15) is 9.18 Å². The molecule has 0 aliphatic carbocycles. The van der Waals surface area contributed by atoms with Crippen LogP contribution in [0.25, 0.3) is 0 Å². The topological polar surface area (TPSA) is 73.1 Å². The van der Waals surface area contributed by atoms with Gasteiger partial charge in [-0.25, -0.2) is 4.39 Å². The van der Waals surface area contributed by atoms with Crippen molar-refractivity contribution in [1.29, 1.82) is 0 Å². The van der Waals surface area contributed by atoms with Gasteiger partial charge in [0.2, 0.25) is 0 Å². The first-order valence-corrected chi connectivity index (χ1v) is 9.87. The van der Waals surface area contributed by atoms with Gasteiger partial charge in [0, 0.05) is 57.6 Å². The lowest BCUT2D eigenvalue weighted by molar-refractivity contribution is 0.0925. The van der Waals surface area contributed by atoms with Gasteiger partial charge in [-0.2, -0.15) is 0 Å². The van der Waals surface area contributed by atoms with Crippen LogP contribution in [0.15, 0.2) is 46.0 Å². The molecular weight excluding hydrogens is 373 g/mol. The zero-order valence-electron chi connectivity index (χ0n) is 16.9. The Hall–Kier alpha value is -3.03. The van der Waals surface area contributed by atoms with Gasteiger partial charge in [-0.15, -0.1) is 0 Å². The quantitative estimate of drug-likeness (QED) is 0.441. The van der Waals surface area contributed by atoms with Crippen LogP contribution in [0.5, 0.6) is 0 Å². The molecule has 29 heavy (non-hydrogen) atoms. The third kappa shape index (κ3) is 5.49. The number of piperazine rings is 1. The number of rotatable bonds is 6. The number of aryl methyl sites for hydroxylation is 1. The number of anilines is 1. The Morgan fingerprint density at radius 3 is 2.41 bits per heavy atom. The van der Waals surface area contributed by atoms with Crippen molar-refractivity contribution in [2.45, 2.75) is 13.3 Å². The number of hydrogen-bond donors (Lipinski definition) is 2. The van der Waals surface area contributed by atoms with Crippen LogP contribution < -0.4 is 15.5 Å². The largest absolute Gasteiger partial charge is 0.459 e. The summed E-state index contributed by atoms with van der Waals surface area (Å²) in [7, 11) is 1.77. The van der Waals surface area contributed by atoms with Crippen molar-refractivity contribution in [1.82, 2.24) is 15.5 Å². The maximum absolute atomic E-state index is 13.1. The fourth-order valence-electron chi connectivity index (χ4n) is 3.34. The lowest BCUT2D eigenvalue weighted by atomic mass is 10.2. The molecule has 2 aromatic rings. The third-order valence-electron chi connectivity index (χ3n) is 4.97. The van der Waals surface area contributed by atoms with E-state index in [2.05, 4.69) is 25.4 Å². The first-order valence-electron chi connectivity index (χ1n) is 9.87. The number of carbonyl (C=O) groups excluding carboxylic acids is 1. The molecule has 3 rings (SSSR count). The van der Waals surface area contributed by atoms with E-state index in [0.717, 1.165) is 49.8 Å². The number of carbonyl (C=O) groups is 1. The zero-order chi connectivity index (χ0) is 20.6. The maximum Gasteiger partial charge on any atom is 0.287 e. The molecule has 0 unspecified atom stereocenters. The van der Waals surface area contributed by atoms with Gasteiger partial charge >= 0.3 is 0 Å². The summed E-state index contributed by atoms with van der Waals surface area (Å²) in [5.41, 5.74) is 1.87. The number of aliphatic imine (C=N–C) groups is 1. The predicted octanol–water partition coefficient (Wildman–Crippen LogP) is 2.24. The number of amides is 1. The molecule has 2 N–H and O–H groups in total. The Morgan fingerprint density at radius 2 is 1.79 bits per heavy atom. The Kier molecular flexibility index (Phi) is 7.10. The van der Waals surface area contributed by atoms with Gasteiger partial charge in [0.25, 0.3) is 5.91 Å². The van der Waals surface area contributed by atoms with Gasteiger partial charge in [-0.3, -0.25) is 9.79 Å². The van der Waals surface area contributed by atoms with E-state index in [-0.39, 0.29) is 11.7 Å². The summed E-state index contributed by atoms with van der Waals surface area (Å²) in [5, 5.41) is 6.22. The Labute approximate surface area is 170 Å². The van der Waals surface area contributed by atoms with Crippen LogP contribution in [-0.2, 0) is 0 Å². The van der Waals surface area contributed by atoms with Gasteiger partial charge in [0.15, 0.2) is 11.7 Å². The minimum Gasteiger partial charge on any atom is -0.459 e. The van der Waals surface area contributed by atoms with Crippen LogP contribution in [0.4, 0.5) is 10.1 Å². The van der Waals surface area contributed by atoms with Crippen LogP contribution >= 0.6 is 0 Å². The van der Waals surface area contributed by atoms with Crippen LogP contribution in [0.1, 0.15) is 22.5 Å². The number of nitrogens with one attached hydrogen (secondary N) is 2. The summed E-state index contributed by atoms with van der Waals surface area (Å²) < 4.78 is 18.3. The van der Waals surface area contributed by atoms with Crippen molar-refractivity contribution >= 4 is 17.6 Å². The minimum absolute atomic E-state index is 0.186. The van der Waals surface area contributed by atoms with Crippen molar-refractivity contribution in [2.75, 3.05) is 51.2 Å². The van der Waals surface area contributed by atoms with Crippen molar-refractivity contribution in [2.24, 2.45) is 4.99 Å². The molecule has 156 valence electrons. The lowest BCUT2D eigenvalue weighted by Gasteiger charge is -2.37. The highest BCUT2D eigenvalue weighted by Crippen LogP contribution is 2.17. The second-order valence-electron chi connectivity index (χ2n) is 6.97. The first-order chi connectivity index (χ1) is 14.1. The molecule has 0 radical (unpaired) electrons. The van der Waals surface area contributed by atoms with Gasteiger partial charge in [0.1, 0.15) is 5.82 Å². The van der Waals surface area contributed by atoms with E-state index in [1.165, 1.54) is 18.4 Å². The molecule has 1 fully saturated rings. The summed E-state index contributed by atoms with van der Waals surface area (Å²) >= 11 is 0. The number of guanidine groups is 1. The number of furan rings is 1. The molecule has 0 atom stereocenters. The molecule has 0 bridgehead atoms. The van der Waals surface area contributed by atoms with E-state index >= 15 is 0 Å². The molecular formula is C21H28FN5O2. The summed E-state index contributed by atoms with van der Waals surface area (Å²) in [5.74, 6) is 0.825.